The number of rotatable bonds is 4. The molecular weight excluding hydrogens is 266 g/mol. The van der Waals surface area contributed by atoms with Crippen LogP contribution in [0.2, 0.25) is 0 Å². The van der Waals surface area contributed by atoms with Crippen LogP contribution in [0.25, 0.3) is 0 Å². The molecule has 0 bridgehead atoms. The largest absolute Gasteiger partial charge is 0.335 e. The normalized spacial score (nSPS) is 16.2. The smallest absolute Gasteiger partial charge is 0.254 e. The van der Waals surface area contributed by atoms with Crippen molar-refractivity contribution in [1.29, 1.82) is 0 Å². The van der Waals surface area contributed by atoms with Gasteiger partial charge in [-0.3, -0.25) is 9.59 Å². The Labute approximate surface area is 126 Å². The fourth-order valence-electron chi connectivity index (χ4n) is 2.74. The van der Waals surface area contributed by atoms with E-state index < -0.39 is 0 Å². The Morgan fingerprint density at radius 3 is 2.52 bits per heavy atom. The third-order valence-corrected chi connectivity index (χ3v) is 4.37. The van der Waals surface area contributed by atoms with E-state index in [0.717, 1.165) is 19.6 Å². The first kappa shape index (κ1) is 15.8. The summed E-state index contributed by atoms with van der Waals surface area (Å²) in [5.41, 5.74) is 0.0318. The van der Waals surface area contributed by atoms with E-state index >= 15 is 0 Å². The lowest BCUT2D eigenvalue weighted by atomic mass is 10.0. The molecule has 0 N–H and O–H groups in total. The van der Waals surface area contributed by atoms with Crippen LogP contribution in [0, 0.1) is 0 Å². The first-order valence-corrected chi connectivity index (χ1v) is 7.48. The average Bonchev–Trinajstić information content (AvgIpc) is 2.92. The van der Waals surface area contributed by atoms with E-state index in [1.807, 2.05) is 7.05 Å². The van der Waals surface area contributed by atoms with Crippen LogP contribution in [0.4, 0.5) is 0 Å². The molecule has 0 atom stereocenters. The minimum atomic E-state index is -0.261. The van der Waals surface area contributed by atoms with Crippen LogP contribution in [0.1, 0.15) is 37.0 Å². The molecule has 1 aliphatic rings. The zero-order valence-electron chi connectivity index (χ0n) is 13.4. The van der Waals surface area contributed by atoms with Gasteiger partial charge in [-0.1, -0.05) is 0 Å². The van der Waals surface area contributed by atoms with E-state index in [-0.39, 0.29) is 17.0 Å². The highest BCUT2D eigenvalue weighted by atomic mass is 16.2. The number of likely N-dealkylation sites (tertiary alicyclic amines) is 1. The van der Waals surface area contributed by atoms with Gasteiger partial charge in [-0.05, 0) is 45.8 Å². The van der Waals surface area contributed by atoms with Crippen molar-refractivity contribution in [3.05, 3.63) is 34.2 Å². The van der Waals surface area contributed by atoms with Crippen LogP contribution in [0.15, 0.2) is 23.1 Å². The van der Waals surface area contributed by atoms with Crippen molar-refractivity contribution < 1.29 is 4.79 Å². The number of carbonyl (C=O) groups excluding carboxylic acids is 1. The van der Waals surface area contributed by atoms with Gasteiger partial charge in [-0.25, -0.2) is 0 Å². The molecule has 5 heteroatoms. The molecule has 1 fully saturated rings. The van der Waals surface area contributed by atoms with Crippen LogP contribution in [0.3, 0.4) is 0 Å². The van der Waals surface area contributed by atoms with Gasteiger partial charge in [0.05, 0.1) is 0 Å². The third-order valence-electron chi connectivity index (χ3n) is 4.37. The molecule has 1 aromatic heterocycles. The summed E-state index contributed by atoms with van der Waals surface area (Å²) in [7, 11) is 3.49. The lowest BCUT2D eigenvalue weighted by Gasteiger charge is -2.38. The number of pyridine rings is 1. The molecule has 0 aromatic carbocycles. The van der Waals surface area contributed by atoms with Crippen LogP contribution < -0.4 is 5.56 Å². The molecule has 0 saturated carbocycles. The predicted octanol–water partition coefficient (Wildman–Crippen LogP) is 1.33. The zero-order valence-corrected chi connectivity index (χ0v) is 13.4. The number of hydrogen-bond donors (Lipinski definition) is 0. The standard InChI is InChI=1S/C16H25N3O2/c1-16(2,12-19-8-5-6-9-19)18(4)15(21)13-7-10-17(3)14(20)11-13/h7,10-11H,5-6,8-9,12H2,1-4H3. The van der Waals surface area contributed by atoms with Crippen molar-refractivity contribution in [2.24, 2.45) is 7.05 Å². The molecule has 1 amide bonds. The van der Waals surface area contributed by atoms with Crippen molar-refractivity contribution in [1.82, 2.24) is 14.4 Å². The van der Waals surface area contributed by atoms with E-state index in [1.54, 1.807) is 24.2 Å². The number of likely N-dealkylation sites (N-methyl/N-ethyl adjacent to an activating group) is 1. The van der Waals surface area contributed by atoms with Gasteiger partial charge in [-0.15, -0.1) is 0 Å². The molecule has 2 heterocycles. The van der Waals surface area contributed by atoms with Crippen LogP contribution in [0.5, 0.6) is 0 Å². The Kier molecular flexibility index (Phi) is 4.52. The van der Waals surface area contributed by atoms with Crippen molar-refractivity contribution in [2.75, 3.05) is 26.7 Å². The van der Waals surface area contributed by atoms with Crippen molar-refractivity contribution in [2.45, 2.75) is 32.2 Å². The quantitative estimate of drug-likeness (QED) is 0.841. The monoisotopic (exact) mass is 291 g/mol. The number of aromatic nitrogens is 1. The molecule has 5 nitrogen and oxygen atoms in total. The fourth-order valence-corrected chi connectivity index (χ4v) is 2.74. The topological polar surface area (TPSA) is 45.6 Å². The number of amides is 1. The van der Waals surface area contributed by atoms with Gasteiger partial charge >= 0.3 is 0 Å². The van der Waals surface area contributed by atoms with Gasteiger partial charge in [0.25, 0.3) is 11.5 Å². The lowest BCUT2D eigenvalue weighted by molar-refractivity contribution is 0.0555. The molecule has 1 aromatic rings. The van der Waals surface area contributed by atoms with Gasteiger partial charge in [0.1, 0.15) is 0 Å². The van der Waals surface area contributed by atoms with Crippen LogP contribution in [-0.4, -0.2) is 52.5 Å². The van der Waals surface area contributed by atoms with Gasteiger partial charge in [0.15, 0.2) is 0 Å². The Hall–Kier alpha value is -1.62. The SMILES string of the molecule is CN(C(=O)c1ccn(C)c(=O)c1)C(C)(C)CN1CCCC1. The van der Waals surface area contributed by atoms with Gasteiger partial charge < -0.3 is 14.4 Å². The minimum Gasteiger partial charge on any atom is -0.335 e. The predicted molar refractivity (Wildman–Crippen MR) is 83.5 cm³/mol. The molecule has 1 saturated heterocycles. The second-order valence-electron chi connectivity index (χ2n) is 6.52. The molecule has 21 heavy (non-hydrogen) atoms. The molecule has 0 radical (unpaired) electrons. The highest BCUT2D eigenvalue weighted by Gasteiger charge is 2.31. The fraction of sp³-hybridized carbons (Fsp3) is 0.625. The molecule has 1 aliphatic heterocycles. The summed E-state index contributed by atoms with van der Waals surface area (Å²) < 4.78 is 1.46. The van der Waals surface area contributed by atoms with E-state index in [0.29, 0.717) is 5.56 Å². The summed E-state index contributed by atoms with van der Waals surface area (Å²) >= 11 is 0. The van der Waals surface area contributed by atoms with Gasteiger partial charge in [-0.2, -0.15) is 0 Å². The summed E-state index contributed by atoms with van der Waals surface area (Å²) in [6, 6.07) is 3.11. The van der Waals surface area contributed by atoms with E-state index in [9.17, 15) is 9.59 Å². The third kappa shape index (κ3) is 3.53. The highest BCUT2D eigenvalue weighted by molar-refractivity contribution is 5.94. The summed E-state index contributed by atoms with van der Waals surface area (Å²) in [6.45, 7) is 7.23. The maximum absolute atomic E-state index is 12.6. The molecule has 0 unspecified atom stereocenters. The second kappa shape index (κ2) is 6.02. The molecule has 2 rings (SSSR count). The zero-order chi connectivity index (χ0) is 15.6. The van der Waals surface area contributed by atoms with Gasteiger partial charge in [0.2, 0.25) is 0 Å². The van der Waals surface area contributed by atoms with E-state index in [1.165, 1.54) is 23.5 Å². The minimum absolute atomic E-state index is 0.100. The molecule has 0 aliphatic carbocycles. The number of carbonyl (C=O) groups is 1. The summed E-state index contributed by atoms with van der Waals surface area (Å²) in [4.78, 5) is 28.4. The molecule has 116 valence electrons. The van der Waals surface area contributed by atoms with Crippen molar-refractivity contribution >= 4 is 5.91 Å². The first-order chi connectivity index (χ1) is 9.81. The first-order valence-electron chi connectivity index (χ1n) is 7.48. The number of aryl methyl sites for hydroxylation is 1. The second-order valence-corrected chi connectivity index (χ2v) is 6.52. The maximum Gasteiger partial charge on any atom is 0.254 e. The van der Waals surface area contributed by atoms with Crippen LogP contribution in [-0.2, 0) is 7.05 Å². The lowest BCUT2D eigenvalue weighted by Crippen LogP contribution is -2.52. The van der Waals surface area contributed by atoms with Crippen molar-refractivity contribution in [3.63, 3.8) is 0 Å². The number of nitrogens with zero attached hydrogens (tertiary/aromatic N) is 3. The summed E-state index contributed by atoms with van der Waals surface area (Å²) in [5, 5.41) is 0. The summed E-state index contributed by atoms with van der Waals surface area (Å²) in [5.74, 6) is -0.100. The van der Waals surface area contributed by atoms with Crippen LogP contribution >= 0.6 is 0 Å². The Morgan fingerprint density at radius 2 is 1.95 bits per heavy atom. The highest BCUT2D eigenvalue weighted by Crippen LogP contribution is 2.19. The molecular formula is C16H25N3O2. The summed E-state index contributed by atoms with van der Waals surface area (Å²) in [6.07, 6.45) is 4.11. The maximum atomic E-state index is 12.6. The Balaban J connectivity index is 2.12. The van der Waals surface area contributed by atoms with E-state index in [2.05, 4.69) is 18.7 Å². The number of hydrogen-bond acceptors (Lipinski definition) is 3. The van der Waals surface area contributed by atoms with E-state index in [4.69, 9.17) is 0 Å². The Bertz CT molecular complexity index is 571. The molecule has 0 spiro atoms. The van der Waals surface area contributed by atoms with Gasteiger partial charge in [0, 0.05) is 44.0 Å². The average molecular weight is 291 g/mol. The Morgan fingerprint density at radius 1 is 1.33 bits per heavy atom. The van der Waals surface area contributed by atoms with Crippen molar-refractivity contribution in [3.8, 4) is 0 Å².